The van der Waals surface area contributed by atoms with Crippen LogP contribution in [0, 0.1) is 46.3 Å². The number of hydrogen-bond donors (Lipinski definition) is 2. The van der Waals surface area contributed by atoms with Crippen LogP contribution in [-0.2, 0) is 0 Å². The van der Waals surface area contributed by atoms with Crippen LogP contribution in [0.5, 0.6) is 0 Å². The highest BCUT2D eigenvalue weighted by Gasteiger charge is 2.69. The SMILES string of the molecule is CC(C)CCC[C@@H](C)[C@H]1CC[C@@H]2[C@]1(C)CC[C@@H]1[C@@]3(C)CCCC[C@@H]3C[C@H](O)[C@]12O. The molecule has 0 amide bonds. The lowest BCUT2D eigenvalue weighted by Gasteiger charge is -2.66. The molecule has 4 aliphatic rings. The first-order chi connectivity index (χ1) is 13.6. The Labute approximate surface area is 180 Å². The van der Waals surface area contributed by atoms with Crippen LogP contribution in [0.4, 0.5) is 0 Å². The van der Waals surface area contributed by atoms with E-state index >= 15 is 0 Å². The van der Waals surface area contributed by atoms with Crippen LogP contribution in [0.3, 0.4) is 0 Å². The van der Waals surface area contributed by atoms with Crippen LogP contribution < -0.4 is 0 Å². The lowest BCUT2D eigenvalue weighted by Crippen LogP contribution is -2.69. The third-order valence-electron chi connectivity index (χ3n) is 10.9. The number of rotatable bonds is 5. The second-order valence-corrected chi connectivity index (χ2v) is 12.7. The van der Waals surface area contributed by atoms with E-state index in [0.29, 0.717) is 23.7 Å². The van der Waals surface area contributed by atoms with Gasteiger partial charge >= 0.3 is 0 Å². The second kappa shape index (κ2) is 7.80. The summed E-state index contributed by atoms with van der Waals surface area (Å²) in [6, 6.07) is 0. The Hall–Kier alpha value is -0.0800. The molecule has 4 fully saturated rings. The van der Waals surface area contributed by atoms with Crippen molar-refractivity contribution in [1.29, 1.82) is 0 Å². The first-order valence-corrected chi connectivity index (χ1v) is 13.0. The van der Waals surface area contributed by atoms with Gasteiger partial charge in [-0.25, -0.2) is 0 Å². The molecule has 168 valence electrons. The van der Waals surface area contributed by atoms with Crippen molar-refractivity contribution in [1.82, 2.24) is 0 Å². The van der Waals surface area contributed by atoms with Crippen LogP contribution >= 0.6 is 0 Å². The van der Waals surface area contributed by atoms with Gasteiger partial charge in [0.1, 0.15) is 0 Å². The summed E-state index contributed by atoms with van der Waals surface area (Å²) in [7, 11) is 0. The molecule has 2 heteroatoms. The summed E-state index contributed by atoms with van der Waals surface area (Å²) in [4.78, 5) is 0. The normalized spacial score (nSPS) is 50.7. The van der Waals surface area contributed by atoms with Gasteiger partial charge in [-0.2, -0.15) is 0 Å². The molecule has 0 aromatic heterocycles. The van der Waals surface area contributed by atoms with Crippen LogP contribution in [-0.4, -0.2) is 21.9 Å². The van der Waals surface area contributed by atoms with Gasteiger partial charge in [0.15, 0.2) is 0 Å². The van der Waals surface area contributed by atoms with Crippen molar-refractivity contribution in [3.8, 4) is 0 Å². The number of fused-ring (bicyclic) bond motifs is 5. The maximum atomic E-state index is 12.3. The average molecular weight is 405 g/mol. The van der Waals surface area contributed by atoms with E-state index in [1.54, 1.807) is 0 Å². The summed E-state index contributed by atoms with van der Waals surface area (Å²) in [6.07, 6.45) is 14.2. The number of aliphatic hydroxyl groups is 2. The number of hydrogen-bond acceptors (Lipinski definition) is 2. The van der Waals surface area contributed by atoms with E-state index in [1.165, 1.54) is 57.8 Å². The third kappa shape index (κ3) is 3.34. The van der Waals surface area contributed by atoms with E-state index in [2.05, 4.69) is 34.6 Å². The average Bonchev–Trinajstić information content (AvgIpc) is 3.01. The minimum Gasteiger partial charge on any atom is -0.390 e. The fourth-order valence-corrected chi connectivity index (χ4v) is 9.35. The molecule has 4 aliphatic carbocycles. The highest BCUT2D eigenvalue weighted by Crippen LogP contribution is 2.69. The van der Waals surface area contributed by atoms with E-state index in [0.717, 1.165) is 31.1 Å². The second-order valence-electron chi connectivity index (χ2n) is 12.7. The summed E-state index contributed by atoms with van der Waals surface area (Å²) < 4.78 is 0. The van der Waals surface area contributed by atoms with Crippen LogP contribution in [0.2, 0.25) is 0 Å². The van der Waals surface area contributed by atoms with Gasteiger partial charge in [-0.05, 0) is 91.3 Å². The minimum atomic E-state index is -0.845. The molecule has 0 spiro atoms. The predicted molar refractivity (Wildman–Crippen MR) is 121 cm³/mol. The first-order valence-electron chi connectivity index (χ1n) is 13.0. The van der Waals surface area contributed by atoms with Crippen molar-refractivity contribution < 1.29 is 10.2 Å². The maximum absolute atomic E-state index is 12.3. The van der Waals surface area contributed by atoms with Crippen molar-refractivity contribution in [2.75, 3.05) is 0 Å². The van der Waals surface area contributed by atoms with Crippen molar-refractivity contribution in [3.05, 3.63) is 0 Å². The Morgan fingerprint density at radius 1 is 0.862 bits per heavy atom. The van der Waals surface area contributed by atoms with Gasteiger partial charge < -0.3 is 10.2 Å². The van der Waals surface area contributed by atoms with Gasteiger partial charge in [-0.3, -0.25) is 0 Å². The van der Waals surface area contributed by atoms with Crippen molar-refractivity contribution >= 4 is 0 Å². The predicted octanol–water partition coefficient (Wildman–Crippen LogP) is 6.58. The highest BCUT2D eigenvalue weighted by molar-refractivity contribution is 5.18. The molecular weight excluding hydrogens is 356 g/mol. The quantitative estimate of drug-likeness (QED) is 0.543. The van der Waals surface area contributed by atoms with E-state index in [4.69, 9.17) is 0 Å². The Bertz CT molecular complexity index is 587. The van der Waals surface area contributed by atoms with E-state index in [-0.39, 0.29) is 10.8 Å². The van der Waals surface area contributed by atoms with Gasteiger partial charge in [0.05, 0.1) is 11.7 Å². The zero-order chi connectivity index (χ0) is 21.0. The molecule has 9 atom stereocenters. The molecule has 29 heavy (non-hydrogen) atoms. The van der Waals surface area contributed by atoms with Crippen molar-refractivity contribution in [2.45, 2.75) is 123 Å². The molecule has 4 rings (SSSR count). The molecule has 4 saturated carbocycles. The first kappa shape index (κ1) is 22.1. The molecule has 0 heterocycles. The molecule has 2 N–H and O–H groups in total. The smallest absolute Gasteiger partial charge is 0.0971 e. The van der Waals surface area contributed by atoms with E-state index in [9.17, 15) is 10.2 Å². The molecule has 0 aliphatic heterocycles. The summed E-state index contributed by atoms with van der Waals surface area (Å²) in [5, 5.41) is 23.7. The van der Waals surface area contributed by atoms with Crippen LogP contribution in [0.25, 0.3) is 0 Å². The Kier molecular flexibility index (Phi) is 5.95. The Balaban J connectivity index is 1.56. The Morgan fingerprint density at radius 3 is 2.31 bits per heavy atom. The van der Waals surface area contributed by atoms with Gasteiger partial charge in [0.25, 0.3) is 0 Å². The van der Waals surface area contributed by atoms with Crippen LogP contribution in [0.15, 0.2) is 0 Å². The molecule has 0 radical (unpaired) electrons. The molecule has 2 nitrogen and oxygen atoms in total. The molecule has 0 aromatic rings. The highest BCUT2D eigenvalue weighted by atomic mass is 16.3. The fraction of sp³-hybridized carbons (Fsp3) is 1.00. The third-order valence-corrected chi connectivity index (χ3v) is 10.9. The van der Waals surface area contributed by atoms with E-state index in [1.807, 2.05) is 0 Å². The van der Waals surface area contributed by atoms with Gasteiger partial charge in [-0.1, -0.05) is 66.7 Å². The standard InChI is InChI=1S/C27H48O2/c1-18(2)9-8-10-19(3)21-12-13-22-26(21,5)16-14-23-25(4)15-7-6-11-20(25)17-24(28)27(22,23)29/h18-24,28-29H,6-17H2,1-5H3/t19-,20-,21-,22-,23-,24+,25+,26-,27-/m1/s1. The maximum Gasteiger partial charge on any atom is 0.0971 e. The zero-order valence-corrected chi connectivity index (χ0v) is 19.9. The largest absolute Gasteiger partial charge is 0.390 e. The lowest BCUT2D eigenvalue weighted by atomic mass is 9.42. The van der Waals surface area contributed by atoms with Gasteiger partial charge in [0, 0.05) is 0 Å². The van der Waals surface area contributed by atoms with Crippen molar-refractivity contribution in [2.24, 2.45) is 46.3 Å². The number of aliphatic hydroxyl groups excluding tert-OH is 1. The molecular formula is C27H48O2. The monoisotopic (exact) mass is 404 g/mol. The summed E-state index contributed by atoms with van der Waals surface area (Å²) in [5.41, 5.74) is -0.391. The summed E-state index contributed by atoms with van der Waals surface area (Å²) in [6.45, 7) is 12.1. The molecule has 0 unspecified atom stereocenters. The summed E-state index contributed by atoms with van der Waals surface area (Å²) >= 11 is 0. The van der Waals surface area contributed by atoms with Gasteiger partial charge in [0.2, 0.25) is 0 Å². The summed E-state index contributed by atoms with van der Waals surface area (Å²) in [5.74, 6) is 3.47. The Morgan fingerprint density at radius 2 is 1.59 bits per heavy atom. The van der Waals surface area contributed by atoms with Crippen molar-refractivity contribution in [3.63, 3.8) is 0 Å². The fourth-order valence-electron chi connectivity index (χ4n) is 9.35. The van der Waals surface area contributed by atoms with Gasteiger partial charge in [-0.15, -0.1) is 0 Å². The molecule has 0 bridgehead atoms. The lowest BCUT2D eigenvalue weighted by molar-refractivity contribution is -0.267. The zero-order valence-electron chi connectivity index (χ0n) is 19.9. The molecule has 0 aromatic carbocycles. The minimum absolute atomic E-state index is 0.210. The molecule has 0 saturated heterocycles. The van der Waals surface area contributed by atoms with E-state index < -0.39 is 11.7 Å². The van der Waals surface area contributed by atoms with Crippen LogP contribution in [0.1, 0.15) is 112 Å². The topological polar surface area (TPSA) is 40.5 Å².